The molecule has 0 aliphatic rings. The van der Waals surface area contributed by atoms with Crippen molar-refractivity contribution in [3.8, 4) is 0 Å². The molecule has 1 rings (SSSR count). The van der Waals surface area contributed by atoms with E-state index < -0.39 is 0 Å². The van der Waals surface area contributed by atoms with Crippen LogP contribution in [0.5, 0.6) is 0 Å². The number of nitrogens with one attached hydrogen (secondary N) is 1. The largest absolute Gasteiger partial charge is 0.356 e. The fraction of sp³-hybridized carbons (Fsp3) is 0.700. The third kappa shape index (κ3) is 2.96. The zero-order chi connectivity index (χ0) is 10.6. The van der Waals surface area contributed by atoms with E-state index >= 15 is 0 Å². The lowest BCUT2D eigenvalue weighted by Crippen LogP contribution is -2.36. The lowest BCUT2D eigenvalue weighted by Gasteiger charge is -2.28. The van der Waals surface area contributed by atoms with Crippen LogP contribution in [0.4, 0.5) is 5.13 Å². The predicted molar refractivity (Wildman–Crippen MR) is 62.8 cm³/mol. The topological polar surface area (TPSA) is 50.9 Å². The van der Waals surface area contributed by atoms with Gasteiger partial charge in [-0.15, -0.1) is 11.3 Å². The van der Waals surface area contributed by atoms with Gasteiger partial charge in [-0.2, -0.15) is 0 Å². The van der Waals surface area contributed by atoms with Crippen LogP contribution in [0.3, 0.4) is 0 Å². The van der Waals surface area contributed by atoms with Gasteiger partial charge in [0.1, 0.15) is 0 Å². The maximum absolute atomic E-state index is 5.59. The molecule has 1 aromatic rings. The Morgan fingerprint density at radius 1 is 1.64 bits per heavy atom. The van der Waals surface area contributed by atoms with E-state index in [4.69, 9.17) is 5.73 Å². The minimum Gasteiger partial charge on any atom is -0.356 e. The second-order valence-corrected chi connectivity index (χ2v) is 4.73. The molecule has 0 saturated heterocycles. The number of nitrogens with two attached hydrogens (primary N) is 1. The molecule has 80 valence electrons. The predicted octanol–water partition coefficient (Wildman–Crippen LogP) is 2.38. The summed E-state index contributed by atoms with van der Waals surface area (Å²) in [5.74, 6) is 0. The van der Waals surface area contributed by atoms with Gasteiger partial charge in [0, 0.05) is 10.9 Å². The summed E-state index contributed by atoms with van der Waals surface area (Å²) in [6.07, 6.45) is 2.03. The number of aryl methyl sites for hydroxylation is 1. The second kappa shape index (κ2) is 4.75. The van der Waals surface area contributed by atoms with Gasteiger partial charge in [-0.3, -0.25) is 0 Å². The summed E-state index contributed by atoms with van der Waals surface area (Å²) >= 11 is 1.65. The summed E-state index contributed by atoms with van der Waals surface area (Å²) in [7, 11) is 0. The smallest absolute Gasteiger partial charge is 0.183 e. The first-order valence-electron chi connectivity index (χ1n) is 5.00. The highest BCUT2D eigenvalue weighted by Gasteiger charge is 2.21. The fourth-order valence-electron chi connectivity index (χ4n) is 1.32. The molecule has 4 heteroatoms. The lowest BCUT2D eigenvalue weighted by molar-refractivity contribution is 0.463. The van der Waals surface area contributed by atoms with E-state index in [1.165, 1.54) is 0 Å². The molecule has 3 N–H and O–H groups in total. The summed E-state index contributed by atoms with van der Waals surface area (Å²) < 4.78 is 0. The Kier molecular flexibility index (Phi) is 3.89. The van der Waals surface area contributed by atoms with Gasteiger partial charge < -0.3 is 11.1 Å². The monoisotopic (exact) mass is 213 g/mol. The van der Waals surface area contributed by atoms with Crippen LogP contribution in [0.1, 0.15) is 32.4 Å². The van der Waals surface area contributed by atoms with E-state index in [0.29, 0.717) is 6.54 Å². The molecule has 1 aromatic heterocycles. The number of hydrogen-bond acceptors (Lipinski definition) is 4. The van der Waals surface area contributed by atoms with Crippen molar-refractivity contribution in [2.45, 2.75) is 39.2 Å². The van der Waals surface area contributed by atoms with Crippen molar-refractivity contribution in [3.63, 3.8) is 0 Å². The molecule has 3 nitrogen and oxygen atoms in total. The Morgan fingerprint density at radius 3 is 2.79 bits per heavy atom. The molecule has 0 aliphatic heterocycles. The van der Waals surface area contributed by atoms with Gasteiger partial charge in [0.2, 0.25) is 0 Å². The number of hydrogen-bond donors (Lipinski definition) is 2. The van der Waals surface area contributed by atoms with Crippen LogP contribution in [0.2, 0.25) is 0 Å². The third-order valence-electron chi connectivity index (χ3n) is 2.50. The Labute approximate surface area is 89.7 Å². The van der Waals surface area contributed by atoms with E-state index in [9.17, 15) is 0 Å². The molecule has 0 bridgehead atoms. The van der Waals surface area contributed by atoms with Gasteiger partial charge in [-0.25, -0.2) is 4.98 Å². The zero-order valence-electron chi connectivity index (χ0n) is 9.13. The molecule has 0 spiro atoms. The van der Waals surface area contributed by atoms with Gasteiger partial charge >= 0.3 is 0 Å². The molecular formula is C10H19N3S. The molecule has 0 amide bonds. The van der Waals surface area contributed by atoms with Crippen LogP contribution < -0.4 is 11.1 Å². The lowest BCUT2D eigenvalue weighted by atomic mass is 9.95. The number of thiazole rings is 1. The van der Waals surface area contributed by atoms with Crippen LogP contribution >= 0.6 is 11.3 Å². The minimum absolute atomic E-state index is 0.0824. The minimum atomic E-state index is 0.0824. The van der Waals surface area contributed by atoms with Crippen molar-refractivity contribution >= 4 is 16.5 Å². The van der Waals surface area contributed by atoms with Gasteiger partial charge in [-0.1, -0.05) is 6.92 Å². The summed E-state index contributed by atoms with van der Waals surface area (Å²) in [6.45, 7) is 7.08. The molecule has 0 fully saturated rings. The average molecular weight is 213 g/mol. The normalized spacial score (nSPS) is 15.1. The highest BCUT2D eigenvalue weighted by Crippen LogP contribution is 2.23. The fourth-order valence-corrected chi connectivity index (χ4v) is 2.15. The maximum Gasteiger partial charge on any atom is 0.183 e. The molecule has 0 radical (unpaired) electrons. The molecule has 0 aliphatic carbocycles. The number of aromatic nitrogens is 1. The standard InChI is InChI=1S/C10H19N3S/c1-4-10(3,5-6-11)13-9-12-8(2)7-14-9/h7H,4-6,11H2,1-3H3,(H,12,13). The number of nitrogens with zero attached hydrogens (tertiary/aromatic N) is 1. The van der Waals surface area contributed by atoms with Gasteiger partial charge in [-0.05, 0) is 33.2 Å². The first-order valence-corrected chi connectivity index (χ1v) is 5.88. The Hall–Kier alpha value is -0.610. The molecule has 14 heavy (non-hydrogen) atoms. The van der Waals surface area contributed by atoms with Crippen LogP contribution in [0, 0.1) is 6.92 Å². The van der Waals surface area contributed by atoms with Crippen LogP contribution in [0.25, 0.3) is 0 Å². The van der Waals surface area contributed by atoms with Crippen molar-refractivity contribution < 1.29 is 0 Å². The quantitative estimate of drug-likeness (QED) is 0.789. The summed E-state index contributed by atoms with van der Waals surface area (Å²) in [5.41, 5.74) is 6.75. The van der Waals surface area contributed by atoms with Crippen LogP contribution in [-0.2, 0) is 0 Å². The Morgan fingerprint density at radius 2 is 2.36 bits per heavy atom. The highest BCUT2D eigenvalue weighted by atomic mass is 32.1. The third-order valence-corrected chi connectivity index (χ3v) is 3.38. The van der Waals surface area contributed by atoms with Crippen molar-refractivity contribution in [1.82, 2.24) is 4.98 Å². The van der Waals surface area contributed by atoms with Crippen LogP contribution in [0.15, 0.2) is 5.38 Å². The van der Waals surface area contributed by atoms with Gasteiger partial charge in [0.15, 0.2) is 5.13 Å². The van der Waals surface area contributed by atoms with Crippen LogP contribution in [-0.4, -0.2) is 17.1 Å². The second-order valence-electron chi connectivity index (χ2n) is 3.87. The Balaban J connectivity index is 2.64. The Bertz CT molecular complexity index is 285. The molecule has 1 atom stereocenters. The van der Waals surface area contributed by atoms with Crippen molar-refractivity contribution in [2.24, 2.45) is 5.73 Å². The first-order chi connectivity index (χ1) is 6.59. The van der Waals surface area contributed by atoms with Crippen molar-refractivity contribution in [3.05, 3.63) is 11.1 Å². The van der Waals surface area contributed by atoms with E-state index in [1.54, 1.807) is 11.3 Å². The SMILES string of the molecule is CCC(C)(CCN)Nc1nc(C)cs1. The van der Waals surface area contributed by atoms with E-state index in [1.807, 2.05) is 6.92 Å². The summed E-state index contributed by atoms with van der Waals surface area (Å²) in [6, 6.07) is 0. The number of rotatable bonds is 5. The molecule has 1 unspecified atom stereocenters. The molecular weight excluding hydrogens is 194 g/mol. The van der Waals surface area contributed by atoms with E-state index in [2.05, 4.69) is 29.5 Å². The molecule has 0 saturated carbocycles. The van der Waals surface area contributed by atoms with Crippen molar-refractivity contribution in [1.29, 1.82) is 0 Å². The number of anilines is 1. The van der Waals surface area contributed by atoms with Gasteiger partial charge in [0.25, 0.3) is 0 Å². The molecule has 0 aromatic carbocycles. The van der Waals surface area contributed by atoms with E-state index in [-0.39, 0.29) is 5.54 Å². The van der Waals surface area contributed by atoms with Crippen molar-refractivity contribution in [2.75, 3.05) is 11.9 Å². The average Bonchev–Trinajstić information content (AvgIpc) is 2.51. The summed E-state index contributed by atoms with van der Waals surface area (Å²) in [4.78, 5) is 4.39. The molecule has 1 heterocycles. The maximum atomic E-state index is 5.59. The summed E-state index contributed by atoms with van der Waals surface area (Å²) in [5, 5.41) is 6.51. The van der Waals surface area contributed by atoms with E-state index in [0.717, 1.165) is 23.7 Å². The first kappa shape index (κ1) is 11.5. The highest BCUT2D eigenvalue weighted by molar-refractivity contribution is 7.13. The van der Waals surface area contributed by atoms with Gasteiger partial charge in [0.05, 0.1) is 5.69 Å². The zero-order valence-corrected chi connectivity index (χ0v) is 9.95.